The van der Waals surface area contributed by atoms with Crippen LogP contribution in [0.3, 0.4) is 0 Å². The molecule has 0 aromatic heterocycles. The molecule has 0 spiro atoms. The molecular formula is C27H28F3N3O2. The van der Waals surface area contributed by atoms with E-state index in [0.717, 1.165) is 47.0 Å². The summed E-state index contributed by atoms with van der Waals surface area (Å²) in [7, 11) is 0. The molecule has 0 bridgehead atoms. The Morgan fingerprint density at radius 1 is 0.857 bits per heavy atom. The maximum absolute atomic E-state index is 12.8. The van der Waals surface area contributed by atoms with Crippen LogP contribution in [-0.2, 0) is 28.7 Å². The third-order valence-electron chi connectivity index (χ3n) is 6.30. The molecule has 0 aliphatic carbocycles. The van der Waals surface area contributed by atoms with Crippen LogP contribution >= 0.6 is 0 Å². The van der Waals surface area contributed by atoms with E-state index < -0.39 is 11.7 Å². The van der Waals surface area contributed by atoms with Gasteiger partial charge in [0.25, 0.3) is 0 Å². The van der Waals surface area contributed by atoms with Gasteiger partial charge in [-0.2, -0.15) is 13.2 Å². The van der Waals surface area contributed by atoms with Gasteiger partial charge in [0, 0.05) is 32.7 Å². The molecule has 8 heteroatoms. The Hall–Kier alpha value is -3.39. The molecule has 0 atom stereocenters. The van der Waals surface area contributed by atoms with Crippen LogP contribution in [0.2, 0.25) is 0 Å². The predicted octanol–water partition coefficient (Wildman–Crippen LogP) is 4.25. The highest BCUT2D eigenvalue weighted by molar-refractivity contribution is 5.91. The monoisotopic (exact) mass is 483 g/mol. The number of benzene rings is 3. The summed E-state index contributed by atoms with van der Waals surface area (Å²) in [6, 6.07) is 18.9. The Balaban J connectivity index is 1.25. The second-order valence-electron chi connectivity index (χ2n) is 8.80. The van der Waals surface area contributed by atoms with Gasteiger partial charge in [0.1, 0.15) is 0 Å². The number of nitrogens with zero attached hydrogens (tertiary/aromatic N) is 2. The SMILES string of the molecule is O=C(Cc1cccc2ccccc12)NCC(=O)N1CCCN(Cc2ccc(C(F)(F)F)cc2)CC1. The number of carbonyl (C=O) groups excluding carboxylic acids is 2. The van der Waals surface area contributed by atoms with Gasteiger partial charge in [-0.05, 0) is 40.5 Å². The second kappa shape index (κ2) is 10.9. The highest BCUT2D eigenvalue weighted by Crippen LogP contribution is 2.29. The van der Waals surface area contributed by atoms with E-state index in [1.807, 2.05) is 42.5 Å². The minimum absolute atomic E-state index is 0.0531. The van der Waals surface area contributed by atoms with Gasteiger partial charge in [0.05, 0.1) is 18.5 Å². The van der Waals surface area contributed by atoms with Crippen molar-refractivity contribution in [3.05, 3.63) is 83.4 Å². The molecule has 1 aliphatic rings. The average molecular weight is 484 g/mol. The molecule has 4 rings (SSSR count). The third-order valence-corrected chi connectivity index (χ3v) is 6.30. The molecule has 1 aliphatic heterocycles. The summed E-state index contributed by atoms with van der Waals surface area (Å²) in [5, 5.41) is 4.84. The Bertz CT molecular complexity index is 1170. The van der Waals surface area contributed by atoms with Crippen LogP contribution in [0.25, 0.3) is 10.8 Å². The van der Waals surface area contributed by atoms with Crippen LogP contribution in [-0.4, -0.2) is 54.3 Å². The van der Waals surface area contributed by atoms with E-state index in [4.69, 9.17) is 0 Å². The van der Waals surface area contributed by atoms with Crippen LogP contribution in [0.4, 0.5) is 13.2 Å². The van der Waals surface area contributed by atoms with Crippen molar-refractivity contribution in [3.63, 3.8) is 0 Å². The lowest BCUT2D eigenvalue weighted by molar-refractivity contribution is -0.137. The fourth-order valence-electron chi connectivity index (χ4n) is 4.40. The zero-order valence-corrected chi connectivity index (χ0v) is 19.4. The van der Waals surface area contributed by atoms with E-state index in [0.29, 0.717) is 26.2 Å². The van der Waals surface area contributed by atoms with Crippen LogP contribution in [0.5, 0.6) is 0 Å². The smallest absolute Gasteiger partial charge is 0.347 e. The average Bonchev–Trinajstić information content (AvgIpc) is 3.08. The zero-order chi connectivity index (χ0) is 24.8. The summed E-state index contributed by atoms with van der Waals surface area (Å²) in [6.07, 6.45) is -3.38. The van der Waals surface area contributed by atoms with Gasteiger partial charge in [0.15, 0.2) is 0 Å². The highest BCUT2D eigenvalue weighted by Gasteiger charge is 2.30. The number of nitrogens with one attached hydrogen (secondary N) is 1. The number of amides is 2. The van der Waals surface area contributed by atoms with Crippen LogP contribution < -0.4 is 5.32 Å². The Kier molecular flexibility index (Phi) is 7.70. The van der Waals surface area contributed by atoms with E-state index in [-0.39, 0.29) is 24.8 Å². The van der Waals surface area contributed by atoms with E-state index in [2.05, 4.69) is 10.2 Å². The van der Waals surface area contributed by atoms with Crippen LogP contribution in [0, 0.1) is 0 Å². The fourth-order valence-corrected chi connectivity index (χ4v) is 4.40. The lowest BCUT2D eigenvalue weighted by Gasteiger charge is -2.22. The molecule has 1 heterocycles. The van der Waals surface area contributed by atoms with Crippen molar-refractivity contribution in [1.29, 1.82) is 0 Å². The largest absolute Gasteiger partial charge is 0.416 e. The molecule has 1 N–H and O–H groups in total. The summed E-state index contributed by atoms with van der Waals surface area (Å²) in [4.78, 5) is 29.1. The van der Waals surface area contributed by atoms with E-state index in [1.54, 1.807) is 4.90 Å². The molecule has 2 amide bonds. The molecule has 1 saturated heterocycles. The maximum Gasteiger partial charge on any atom is 0.416 e. The fraction of sp³-hybridized carbons (Fsp3) is 0.333. The van der Waals surface area contributed by atoms with Crippen molar-refractivity contribution in [3.8, 4) is 0 Å². The summed E-state index contributed by atoms with van der Waals surface area (Å²) < 4.78 is 38.3. The topological polar surface area (TPSA) is 52.7 Å². The quantitative estimate of drug-likeness (QED) is 0.570. The minimum Gasteiger partial charge on any atom is -0.347 e. The van der Waals surface area contributed by atoms with Crippen molar-refractivity contribution in [2.45, 2.75) is 25.6 Å². The molecule has 0 unspecified atom stereocenters. The number of hydrogen-bond donors (Lipinski definition) is 1. The number of hydrogen-bond acceptors (Lipinski definition) is 3. The van der Waals surface area contributed by atoms with Crippen LogP contribution in [0.1, 0.15) is 23.1 Å². The molecule has 1 fully saturated rings. The summed E-state index contributed by atoms with van der Waals surface area (Å²) >= 11 is 0. The predicted molar refractivity (Wildman–Crippen MR) is 129 cm³/mol. The first-order valence-corrected chi connectivity index (χ1v) is 11.7. The van der Waals surface area contributed by atoms with Crippen molar-refractivity contribution in [2.75, 3.05) is 32.7 Å². The third kappa shape index (κ3) is 6.60. The lowest BCUT2D eigenvalue weighted by Crippen LogP contribution is -2.42. The Labute approximate surface area is 202 Å². The molecule has 0 saturated carbocycles. The Morgan fingerprint density at radius 3 is 2.37 bits per heavy atom. The molecule has 0 radical (unpaired) electrons. The zero-order valence-electron chi connectivity index (χ0n) is 19.4. The van der Waals surface area contributed by atoms with Gasteiger partial charge < -0.3 is 10.2 Å². The Morgan fingerprint density at radius 2 is 1.60 bits per heavy atom. The van der Waals surface area contributed by atoms with Gasteiger partial charge in [-0.3, -0.25) is 14.5 Å². The van der Waals surface area contributed by atoms with Gasteiger partial charge in [-0.25, -0.2) is 0 Å². The number of alkyl halides is 3. The highest BCUT2D eigenvalue weighted by atomic mass is 19.4. The van der Waals surface area contributed by atoms with Gasteiger partial charge in [0.2, 0.25) is 11.8 Å². The van der Waals surface area contributed by atoms with Gasteiger partial charge >= 0.3 is 6.18 Å². The molecule has 3 aromatic carbocycles. The van der Waals surface area contributed by atoms with Gasteiger partial charge in [-0.1, -0.05) is 54.6 Å². The van der Waals surface area contributed by atoms with Crippen LogP contribution in [0.15, 0.2) is 66.7 Å². The lowest BCUT2D eigenvalue weighted by atomic mass is 10.0. The standard InChI is InChI=1S/C27H28F3N3O2/c28-27(29,30)23-11-9-20(10-12-23)19-32-13-4-14-33(16-15-32)26(35)18-31-25(34)17-22-7-3-6-21-5-1-2-8-24(21)22/h1-3,5-12H,4,13-19H2,(H,31,34). The normalized spacial score (nSPS) is 15.1. The molecule has 35 heavy (non-hydrogen) atoms. The van der Waals surface area contributed by atoms with Crippen molar-refractivity contribution in [1.82, 2.24) is 15.1 Å². The summed E-state index contributed by atoms with van der Waals surface area (Å²) in [5.41, 5.74) is 1.07. The van der Waals surface area contributed by atoms with Gasteiger partial charge in [-0.15, -0.1) is 0 Å². The molecule has 184 valence electrons. The summed E-state index contributed by atoms with van der Waals surface area (Å²) in [6.45, 7) is 2.94. The number of fused-ring (bicyclic) bond motifs is 1. The number of halogens is 3. The molecule has 3 aromatic rings. The van der Waals surface area contributed by atoms with Crippen molar-refractivity contribution in [2.24, 2.45) is 0 Å². The first kappa shape index (κ1) is 24.7. The maximum atomic E-state index is 12.8. The molecular weight excluding hydrogens is 455 g/mol. The van der Waals surface area contributed by atoms with E-state index >= 15 is 0 Å². The van der Waals surface area contributed by atoms with E-state index in [9.17, 15) is 22.8 Å². The first-order chi connectivity index (χ1) is 16.8. The molecule has 5 nitrogen and oxygen atoms in total. The number of carbonyl (C=O) groups is 2. The van der Waals surface area contributed by atoms with Crippen molar-refractivity contribution < 1.29 is 22.8 Å². The summed E-state index contributed by atoms with van der Waals surface area (Å²) in [5.74, 6) is -0.332. The number of rotatable bonds is 6. The van der Waals surface area contributed by atoms with E-state index in [1.165, 1.54) is 12.1 Å². The first-order valence-electron chi connectivity index (χ1n) is 11.7. The minimum atomic E-state index is -4.34. The second-order valence-corrected chi connectivity index (χ2v) is 8.80. The van der Waals surface area contributed by atoms with Crippen molar-refractivity contribution >= 4 is 22.6 Å².